The van der Waals surface area contributed by atoms with Crippen LogP contribution in [0.1, 0.15) is 58.6 Å². The van der Waals surface area contributed by atoms with Crippen LogP contribution in [0, 0.1) is 0 Å². The third-order valence-corrected chi connectivity index (χ3v) is 7.21. The van der Waals surface area contributed by atoms with E-state index < -0.39 is 48.6 Å². The molecule has 0 amide bonds. The van der Waals surface area contributed by atoms with Gasteiger partial charge in [-0.25, -0.2) is 4.79 Å². The van der Waals surface area contributed by atoms with E-state index in [-0.39, 0.29) is 25.0 Å². The number of ether oxygens (including phenoxy) is 1. The molecule has 0 aliphatic heterocycles. The van der Waals surface area contributed by atoms with Crippen LogP contribution in [0.3, 0.4) is 0 Å². The van der Waals surface area contributed by atoms with Gasteiger partial charge in [-0.2, -0.15) is 0 Å². The molecule has 11 nitrogen and oxygen atoms in total. The summed E-state index contributed by atoms with van der Waals surface area (Å²) in [6.07, 6.45) is -1.20. The van der Waals surface area contributed by atoms with Gasteiger partial charge in [0, 0.05) is 12.6 Å². The van der Waals surface area contributed by atoms with E-state index in [9.17, 15) is 34.4 Å². The lowest BCUT2D eigenvalue weighted by atomic mass is 10.00. The highest BCUT2D eigenvalue weighted by atomic mass is 31.2. The van der Waals surface area contributed by atoms with Crippen LogP contribution < -0.4 is 11.2 Å². The third kappa shape index (κ3) is 6.58. The second kappa shape index (κ2) is 10.1. The Bertz CT molecular complexity index is 822. The standard InChI is InChI=1S/C17H31N2O9P/c1-5-16(3,28-29(25,26)17(4,24)6-2)7-8-27-13(12(21)10-20)11-9-18-15(23)19-14(11)22/h9,12-13,20-21,24H,5-8,10H2,1-4H3,(H,25,26)(H2,18,19,22,23)/t12-,13+,16?,17?/m1/s1. The Hall–Kier alpha value is -1.33. The topological polar surface area (TPSA) is 182 Å². The molecule has 0 fully saturated rings. The zero-order chi connectivity index (χ0) is 22.5. The predicted octanol–water partition coefficient (Wildman–Crippen LogP) is 0.353. The lowest BCUT2D eigenvalue weighted by Crippen LogP contribution is -2.36. The van der Waals surface area contributed by atoms with E-state index in [1.165, 1.54) is 6.92 Å². The average Bonchev–Trinajstić information content (AvgIpc) is 2.64. The van der Waals surface area contributed by atoms with Crippen molar-refractivity contribution in [1.29, 1.82) is 0 Å². The Balaban J connectivity index is 2.95. The Morgan fingerprint density at radius 1 is 1.24 bits per heavy atom. The van der Waals surface area contributed by atoms with Crippen molar-refractivity contribution in [3.8, 4) is 0 Å². The lowest BCUT2D eigenvalue weighted by Gasteiger charge is -2.36. The third-order valence-electron chi connectivity index (χ3n) is 4.99. The second-order valence-corrected chi connectivity index (χ2v) is 9.49. The van der Waals surface area contributed by atoms with Gasteiger partial charge in [-0.05, 0) is 26.7 Å². The normalized spacial score (nSPS) is 20.3. The summed E-state index contributed by atoms with van der Waals surface area (Å²) < 4.78 is 23.4. The molecule has 0 aromatic carbocycles. The van der Waals surface area contributed by atoms with Gasteiger partial charge in [-0.3, -0.25) is 14.3 Å². The second-order valence-electron chi connectivity index (χ2n) is 7.30. The van der Waals surface area contributed by atoms with Crippen LogP contribution in [0.15, 0.2) is 15.8 Å². The van der Waals surface area contributed by atoms with Gasteiger partial charge in [0.15, 0.2) is 5.34 Å². The largest absolute Gasteiger partial charge is 0.394 e. The summed E-state index contributed by atoms with van der Waals surface area (Å²) in [5, 5.41) is 27.5. The highest BCUT2D eigenvalue weighted by molar-refractivity contribution is 7.54. The number of aliphatic hydroxyl groups excluding tert-OH is 2. The fourth-order valence-electron chi connectivity index (χ4n) is 2.42. The first-order valence-electron chi connectivity index (χ1n) is 9.31. The van der Waals surface area contributed by atoms with Crippen molar-refractivity contribution in [1.82, 2.24) is 9.97 Å². The molecule has 29 heavy (non-hydrogen) atoms. The molecule has 5 atom stereocenters. The molecule has 0 radical (unpaired) electrons. The van der Waals surface area contributed by atoms with Crippen LogP contribution in [0.2, 0.25) is 0 Å². The van der Waals surface area contributed by atoms with Gasteiger partial charge in [-0.1, -0.05) is 13.8 Å². The van der Waals surface area contributed by atoms with Crippen molar-refractivity contribution in [3.63, 3.8) is 0 Å². The molecular weight excluding hydrogens is 407 g/mol. The van der Waals surface area contributed by atoms with Gasteiger partial charge in [0.1, 0.15) is 12.2 Å². The van der Waals surface area contributed by atoms with Crippen LogP contribution in [-0.4, -0.2) is 60.4 Å². The molecule has 0 bridgehead atoms. The number of rotatable bonds is 12. The maximum absolute atomic E-state index is 12.5. The molecule has 0 saturated heterocycles. The van der Waals surface area contributed by atoms with E-state index in [0.29, 0.717) is 6.42 Å². The van der Waals surface area contributed by atoms with Gasteiger partial charge in [0.05, 0.1) is 24.4 Å². The van der Waals surface area contributed by atoms with Gasteiger partial charge < -0.3 is 34.5 Å². The van der Waals surface area contributed by atoms with Crippen molar-refractivity contribution >= 4 is 7.60 Å². The lowest BCUT2D eigenvalue weighted by molar-refractivity contribution is -0.0760. The summed E-state index contributed by atoms with van der Waals surface area (Å²) in [6.45, 7) is 5.27. The van der Waals surface area contributed by atoms with Crippen LogP contribution in [0.25, 0.3) is 0 Å². The van der Waals surface area contributed by atoms with Crippen molar-refractivity contribution in [3.05, 3.63) is 32.6 Å². The molecule has 3 unspecified atom stereocenters. The number of aromatic nitrogens is 2. The summed E-state index contributed by atoms with van der Waals surface area (Å²) >= 11 is 0. The monoisotopic (exact) mass is 438 g/mol. The van der Waals surface area contributed by atoms with E-state index in [1.54, 1.807) is 20.8 Å². The Labute approximate surface area is 168 Å². The van der Waals surface area contributed by atoms with Crippen molar-refractivity contribution in [2.45, 2.75) is 70.1 Å². The van der Waals surface area contributed by atoms with Gasteiger partial charge in [-0.15, -0.1) is 0 Å². The number of hydrogen-bond donors (Lipinski definition) is 6. The first-order chi connectivity index (χ1) is 13.3. The molecule has 12 heteroatoms. The Kier molecular flexibility index (Phi) is 8.97. The molecule has 0 aliphatic carbocycles. The molecule has 1 rings (SSSR count). The smallest absolute Gasteiger partial charge is 0.359 e. The zero-order valence-corrected chi connectivity index (χ0v) is 17.9. The summed E-state index contributed by atoms with van der Waals surface area (Å²) in [5.74, 6) is 0. The van der Waals surface area contributed by atoms with Crippen molar-refractivity contribution in [2.24, 2.45) is 0 Å². The van der Waals surface area contributed by atoms with E-state index in [1.807, 2.05) is 4.98 Å². The highest BCUT2D eigenvalue weighted by Gasteiger charge is 2.46. The minimum Gasteiger partial charge on any atom is -0.394 e. The number of aromatic amines is 2. The Morgan fingerprint density at radius 3 is 2.34 bits per heavy atom. The summed E-state index contributed by atoms with van der Waals surface area (Å²) in [6, 6.07) is 0. The Morgan fingerprint density at radius 2 is 1.86 bits per heavy atom. The van der Waals surface area contributed by atoms with E-state index in [0.717, 1.165) is 6.20 Å². The van der Waals surface area contributed by atoms with Crippen molar-refractivity contribution < 1.29 is 34.0 Å². The maximum Gasteiger partial charge on any atom is 0.359 e. The molecular formula is C17H31N2O9P. The zero-order valence-electron chi connectivity index (χ0n) is 17.0. The fraction of sp³-hybridized carbons (Fsp3) is 0.765. The summed E-state index contributed by atoms with van der Waals surface area (Å²) in [4.78, 5) is 37.6. The average molecular weight is 438 g/mol. The molecule has 1 heterocycles. The summed E-state index contributed by atoms with van der Waals surface area (Å²) in [7, 11) is -4.38. The molecule has 1 aromatic heterocycles. The molecule has 6 N–H and O–H groups in total. The number of nitrogens with one attached hydrogen (secondary N) is 2. The van der Waals surface area contributed by atoms with Crippen molar-refractivity contribution in [2.75, 3.05) is 13.2 Å². The minimum absolute atomic E-state index is 0.0107. The number of aliphatic hydroxyl groups is 3. The molecule has 168 valence electrons. The van der Waals surface area contributed by atoms with Gasteiger partial charge >= 0.3 is 13.3 Å². The predicted molar refractivity (Wildman–Crippen MR) is 105 cm³/mol. The quantitative estimate of drug-likeness (QED) is 0.251. The molecule has 0 spiro atoms. The maximum atomic E-state index is 12.5. The highest BCUT2D eigenvalue weighted by Crippen LogP contribution is 2.58. The number of H-pyrrole nitrogens is 2. The van der Waals surface area contributed by atoms with Crippen LogP contribution in [-0.2, 0) is 13.8 Å². The van der Waals surface area contributed by atoms with E-state index in [2.05, 4.69) is 4.98 Å². The van der Waals surface area contributed by atoms with Gasteiger partial charge in [0.2, 0.25) is 0 Å². The molecule has 0 saturated carbocycles. The summed E-state index contributed by atoms with van der Waals surface area (Å²) in [5.41, 5.74) is -2.74. The number of hydrogen-bond acceptors (Lipinski definition) is 8. The first kappa shape index (κ1) is 25.7. The molecule has 1 aromatic rings. The van der Waals surface area contributed by atoms with Crippen LogP contribution in [0.4, 0.5) is 0 Å². The van der Waals surface area contributed by atoms with Gasteiger partial charge in [0.25, 0.3) is 5.56 Å². The first-order valence-corrected chi connectivity index (χ1v) is 10.9. The van der Waals surface area contributed by atoms with E-state index >= 15 is 0 Å². The minimum atomic E-state index is -4.38. The van der Waals surface area contributed by atoms with Crippen LogP contribution >= 0.6 is 7.60 Å². The SMILES string of the molecule is CCC(C)(CCO[C@@H](c1c[nH]c(=O)[nH]c1=O)[C@H](O)CO)OP(=O)(O)C(C)(O)CC. The van der Waals surface area contributed by atoms with Crippen LogP contribution in [0.5, 0.6) is 0 Å². The molecule has 0 aliphatic rings. The van der Waals surface area contributed by atoms with E-state index in [4.69, 9.17) is 9.26 Å². The fourth-order valence-corrected chi connectivity index (χ4v) is 3.84.